The number of anilines is 1. The van der Waals surface area contributed by atoms with Gasteiger partial charge < -0.3 is 15.2 Å². The maximum Gasteiger partial charge on any atom is 0.329 e. The van der Waals surface area contributed by atoms with Crippen LogP contribution in [0.3, 0.4) is 0 Å². The molecule has 0 saturated heterocycles. The Labute approximate surface area is 242 Å². The van der Waals surface area contributed by atoms with E-state index in [1.807, 2.05) is 36.5 Å². The molecule has 3 aliphatic carbocycles. The Morgan fingerprint density at radius 2 is 1.90 bits per heavy atom. The van der Waals surface area contributed by atoms with Gasteiger partial charge in [0.1, 0.15) is 11.3 Å². The van der Waals surface area contributed by atoms with E-state index in [9.17, 15) is 9.90 Å². The minimum absolute atomic E-state index is 0.0164. The molecule has 6 heteroatoms. The zero-order valence-electron chi connectivity index (χ0n) is 23.5. The Hall–Kier alpha value is -3.05. The van der Waals surface area contributed by atoms with Gasteiger partial charge in [-0.1, -0.05) is 48.9 Å². The lowest BCUT2D eigenvalue weighted by Crippen LogP contribution is -2.53. The average molecular weight is 559 g/mol. The zero-order valence-corrected chi connectivity index (χ0v) is 24.2. The summed E-state index contributed by atoms with van der Waals surface area (Å²) in [5.74, 6) is 1.02. The maximum absolute atomic E-state index is 12.7. The van der Waals surface area contributed by atoms with Crippen LogP contribution >= 0.6 is 11.6 Å². The second kappa shape index (κ2) is 10.7. The molecular formula is C34H39ClN2O3. The van der Waals surface area contributed by atoms with E-state index in [1.54, 1.807) is 0 Å². The molecule has 0 unspecified atom stereocenters. The van der Waals surface area contributed by atoms with Gasteiger partial charge in [0.25, 0.3) is 0 Å². The number of carboxylic acid groups (broad SMARTS) is 1. The van der Waals surface area contributed by atoms with Crippen LogP contribution in [-0.4, -0.2) is 27.7 Å². The first-order chi connectivity index (χ1) is 19.3. The van der Waals surface area contributed by atoms with Crippen LogP contribution in [0.2, 0.25) is 5.02 Å². The summed E-state index contributed by atoms with van der Waals surface area (Å²) in [4.78, 5) is 17.3. The number of aryl methyl sites for hydroxylation is 1. The normalized spacial score (nSPS) is 26.6. The summed E-state index contributed by atoms with van der Waals surface area (Å²) >= 11 is 6.21. The Kier molecular flexibility index (Phi) is 7.28. The van der Waals surface area contributed by atoms with Gasteiger partial charge >= 0.3 is 5.97 Å². The molecule has 1 saturated carbocycles. The van der Waals surface area contributed by atoms with E-state index in [1.165, 1.54) is 22.4 Å². The zero-order chi connectivity index (χ0) is 27.9. The number of carboxylic acids is 1. The van der Waals surface area contributed by atoms with Crippen molar-refractivity contribution in [2.45, 2.75) is 88.7 Å². The lowest BCUT2D eigenvalue weighted by molar-refractivity contribution is -0.144. The molecule has 210 valence electrons. The third-order valence-electron chi connectivity index (χ3n) is 10.1. The summed E-state index contributed by atoms with van der Waals surface area (Å²) in [5.41, 5.74) is 5.07. The van der Waals surface area contributed by atoms with Crippen molar-refractivity contribution in [3.8, 4) is 5.75 Å². The fraction of sp³-hybridized carbons (Fsp3) is 0.471. The molecule has 2 N–H and O–H groups in total. The SMILES string of the molecule is C[C@H](C[C@@H]1Cc2ccccc2C12CCC(Nc1cccc(Cl)c1)(C(=O)O)CC2)[C@@H](C)Oc1ccnc2c1CCC2. The van der Waals surface area contributed by atoms with Gasteiger partial charge in [-0.25, -0.2) is 4.79 Å². The molecule has 3 aliphatic rings. The first-order valence-corrected chi connectivity index (χ1v) is 15.2. The van der Waals surface area contributed by atoms with Crippen molar-refractivity contribution in [1.29, 1.82) is 0 Å². The average Bonchev–Trinajstić information content (AvgIpc) is 3.54. The molecule has 6 rings (SSSR count). The third kappa shape index (κ3) is 4.87. The van der Waals surface area contributed by atoms with Crippen molar-refractivity contribution in [2.24, 2.45) is 11.8 Å². The number of ether oxygens (including phenoxy) is 1. The minimum atomic E-state index is -0.998. The highest BCUT2D eigenvalue weighted by molar-refractivity contribution is 6.30. The Balaban J connectivity index is 1.22. The van der Waals surface area contributed by atoms with E-state index in [0.29, 0.717) is 29.7 Å². The number of benzene rings is 2. The summed E-state index contributed by atoms with van der Waals surface area (Å²) in [6.45, 7) is 4.51. The highest BCUT2D eigenvalue weighted by Crippen LogP contribution is 2.56. The highest BCUT2D eigenvalue weighted by Gasteiger charge is 2.54. The van der Waals surface area contributed by atoms with Gasteiger partial charge in [0.2, 0.25) is 0 Å². The number of nitrogens with one attached hydrogen (secondary N) is 1. The van der Waals surface area contributed by atoms with Crippen LogP contribution < -0.4 is 10.1 Å². The van der Waals surface area contributed by atoms with E-state index >= 15 is 0 Å². The minimum Gasteiger partial charge on any atom is -0.490 e. The van der Waals surface area contributed by atoms with Crippen LogP contribution in [0, 0.1) is 11.8 Å². The van der Waals surface area contributed by atoms with Gasteiger partial charge in [-0.15, -0.1) is 0 Å². The van der Waals surface area contributed by atoms with Crippen LogP contribution in [0.15, 0.2) is 60.8 Å². The number of aliphatic carboxylic acids is 1. The molecule has 40 heavy (non-hydrogen) atoms. The fourth-order valence-electron chi connectivity index (χ4n) is 7.71. The monoisotopic (exact) mass is 558 g/mol. The lowest BCUT2D eigenvalue weighted by Gasteiger charge is -2.47. The highest BCUT2D eigenvalue weighted by atomic mass is 35.5. The number of aromatic nitrogens is 1. The predicted molar refractivity (Wildman–Crippen MR) is 159 cm³/mol. The number of fused-ring (bicyclic) bond motifs is 3. The van der Waals surface area contributed by atoms with Crippen LogP contribution in [0.25, 0.3) is 0 Å². The van der Waals surface area contributed by atoms with E-state index in [4.69, 9.17) is 16.3 Å². The molecule has 0 bridgehead atoms. The van der Waals surface area contributed by atoms with E-state index in [2.05, 4.69) is 48.4 Å². The molecule has 1 fully saturated rings. The summed E-state index contributed by atoms with van der Waals surface area (Å²) in [7, 11) is 0. The van der Waals surface area contributed by atoms with Crippen molar-refractivity contribution in [2.75, 3.05) is 5.32 Å². The lowest BCUT2D eigenvalue weighted by atomic mass is 9.59. The van der Waals surface area contributed by atoms with Gasteiger partial charge in [0.05, 0.1) is 6.10 Å². The predicted octanol–water partition coefficient (Wildman–Crippen LogP) is 7.64. The fourth-order valence-corrected chi connectivity index (χ4v) is 7.90. The largest absolute Gasteiger partial charge is 0.490 e. The molecule has 1 heterocycles. The Bertz CT molecular complexity index is 1400. The number of hydrogen-bond donors (Lipinski definition) is 2. The van der Waals surface area contributed by atoms with Crippen molar-refractivity contribution >= 4 is 23.3 Å². The number of pyridine rings is 1. The van der Waals surface area contributed by atoms with Crippen LogP contribution in [0.5, 0.6) is 5.75 Å². The molecule has 0 radical (unpaired) electrons. The van der Waals surface area contributed by atoms with E-state index in [-0.39, 0.29) is 11.5 Å². The smallest absolute Gasteiger partial charge is 0.329 e. The molecule has 1 spiro atoms. The van der Waals surface area contributed by atoms with Crippen molar-refractivity contribution in [1.82, 2.24) is 4.98 Å². The van der Waals surface area contributed by atoms with Gasteiger partial charge in [0.15, 0.2) is 0 Å². The second-order valence-electron chi connectivity index (χ2n) is 12.4. The Morgan fingerprint density at radius 3 is 2.67 bits per heavy atom. The molecule has 1 aromatic heterocycles. The summed E-state index contributed by atoms with van der Waals surface area (Å²) in [6, 6.07) is 18.2. The maximum atomic E-state index is 12.7. The first kappa shape index (κ1) is 27.1. The topological polar surface area (TPSA) is 71.5 Å². The molecule has 5 nitrogen and oxygen atoms in total. The summed E-state index contributed by atoms with van der Waals surface area (Å²) in [5, 5.41) is 14.4. The molecule has 0 amide bonds. The first-order valence-electron chi connectivity index (χ1n) is 14.8. The number of halogens is 1. The summed E-state index contributed by atoms with van der Waals surface area (Å²) in [6.07, 6.45) is 10.1. The number of hydrogen-bond acceptors (Lipinski definition) is 4. The number of nitrogens with zero attached hydrogens (tertiary/aromatic N) is 1. The standard InChI is InChI=1S/C34H39ClN2O3/c1-22(23(2)40-31-13-18-36-30-12-6-10-28(30)31)19-25-20-24-7-3-4-11-29(24)33(25)14-16-34(17-15-33,32(38)39)37-27-9-5-8-26(35)21-27/h3-5,7-9,11,13,18,21-23,25,37H,6,10,12,14-17,19-20H2,1-2H3,(H,38,39)/t22-,23-,25-,33?,34?/m1/s1. The third-order valence-corrected chi connectivity index (χ3v) is 10.4. The van der Waals surface area contributed by atoms with E-state index < -0.39 is 11.5 Å². The molecule has 3 atom stereocenters. The van der Waals surface area contributed by atoms with Crippen LogP contribution in [0.4, 0.5) is 5.69 Å². The van der Waals surface area contributed by atoms with Gasteiger partial charge in [-0.2, -0.15) is 0 Å². The summed E-state index contributed by atoms with van der Waals surface area (Å²) < 4.78 is 6.58. The van der Waals surface area contributed by atoms with Gasteiger partial charge in [0, 0.05) is 28.2 Å². The molecular weight excluding hydrogens is 520 g/mol. The van der Waals surface area contributed by atoms with Crippen molar-refractivity contribution in [3.05, 3.63) is 88.2 Å². The van der Waals surface area contributed by atoms with Crippen LogP contribution in [0.1, 0.15) is 74.8 Å². The molecule has 3 aromatic rings. The van der Waals surface area contributed by atoms with Gasteiger partial charge in [-0.05, 0) is 117 Å². The number of rotatable bonds is 8. The van der Waals surface area contributed by atoms with Crippen molar-refractivity contribution in [3.63, 3.8) is 0 Å². The molecule has 2 aromatic carbocycles. The second-order valence-corrected chi connectivity index (χ2v) is 12.8. The van der Waals surface area contributed by atoms with Gasteiger partial charge in [-0.3, -0.25) is 4.98 Å². The van der Waals surface area contributed by atoms with Crippen LogP contribution in [-0.2, 0) is 29.5 Å². The Morgan fingerprint density at radius 1 is 1.10 bits per heavy atom. The quantitative estimate of drug-likeness (QED) is 0.297. The molecule has 0 aliphatic heterocycles. The number of carbonyl (C=O) groups is 1. The van der Waals surface area contributed by atoms with E-state index in [0.717, 1.165) is 56.4 Å². The van der Waals surface area contributed by atoms with Crippen molar-refractivity contribution < 1.29 is 14.6 Å².